The zero-order valence-electron chi connectivity index (χ0n) is 14.3. The number of nitrogens with one attached hydrogen (secondary N) is 1. The Morgan fingerprint density at radius 3 is 2.80 bits per heavy atom. The fourth-order valence-corrected chi connectivity index (χ4v) is 2.57. The van der Waals surface area contributed by atoms with Crippen molar-refractivity contribution in [3.05, 3.63) is 71.4 Å². The molecule has 0 saturated carbocycles. The van der Waals surface area contributed by atoms with Crippen LogP contribution in [0.4, 0.5) is 0 Å². The lowest BCUT2D eigenvalue weighted by atomic mass is 10.1. The zero-order chi connectivity index (χ0) is 17.6. The summed E-state index contributed by atoms with van der Waals surface area (Å²) in [7, 11) is 1.63. The van der Waals surface area contributed by atoms with Crippen molar-refractivity contribution in [3.8, 4) is 17.1 Å². The van der Waals surface area contributed by atoms with Crippen molar-refractivity contribution >= 4 is 5.91 Å². The molecule has 0 unspecified atom stereocenters. The Hall–Kier alpha value is -3.08. The molecule has 1 N–H and O–H groups in total. The predicted molar refractivity (Wildman–Crippen MR) is 95.7 cm³/mol. The summed E-state index contributed by atoms with van der Waals surface area (Å²) in [6.45, 7) is 2.42. The number of rotatable bonds is 6. The summed E-state index contributed by atoms with van der Waals surface area (Å²) in [5, 5.41) is 6.98. The molecule has 3 aromatic rings. The second-order valence-electron chi connectivity index (χ2n) is 5.74. The number of methoxy groups -OCH3 is 1. The molecule has 3 rings (SSSR count). The number of carbonyl (C=O) groups excluding carboxylic acids is 1. The molecular weight excluding hydrogens is 316 g/mol. The second kappa shape index (κ2) is 7.66. The van der Waals surface area contributed by atoms with Crippen molar-refractivity contribution in [3.63, 3.8) is 0 Å². The van der Waals surface area contributed by atoms with Gasteiger partial charge >= 0.3 is 0 Å². The van der Waals surface area contributed by atoms with Gasteiger partial charge in [-0.2, -0.15) is 0 Å². The maximum Gasteiger partial charge on any atom is 0.251 e. The van der Waals surface area contributed by atoms with Gasteiger partial charge in [0.25, 0.3) is 5.91 Å². The number of amides is 1. The number of benzene rings is 2. The third-order valence-corrected chi connectivity index (χ3v) is 3.97. The minimum atomic E-state index is -0.0744. The molecule has 1 aromatic heterocycles. The van der Waals surface area contributed by atoms with Crippen LogP contribution in [0.15, 0.2) is 59.1 Å². The van der Waals surface area contributed by atoms with Crippen molar-refractivity contribution in [2.75, 3.05) is 13.7 Å². The van der Waals surface area contributed by atoms with Crippen molar-refractivity contribution in [2.45, 2.75) is 13.3 Å². The molecule has 0 aliphatic rings. The van der Waals surface area contributed by atoms with Crippen molar-refractivity contribution in [1.29, 1.82) is 0 Å². The average Bonchev–Trinajstić information content (AvgIpc) is 3.11. The highest BCUT2D eigenvalue weighted by molar-refractivity contribution is 5.95. The van der Waals surface area contributed by atoms with Crippen LogP contribution in [0.3, 0.4) is 0 Å². The number of hydrogen-bond acceptors (Lipinski definition) is 4. The summed E-state index contributed by atoms with van der Waals surface area (Å²) >= 11 is 0. The molecule has 2 aromatic carbocycles. The molecule has 0 aliphatic carbocycles. The van der Waals surface area contributed by atoms with Crippen LogP contribution in [0.5, 0.6) is 5.75 Å². The molecule has 0 bridgehead atoms. The molecule has 0 fully saturated rings. The SMILES string of the molecule is COc1cccc(-c2cc(CCNC(=O)c3ccccc3C)no2)c1. The fourth-order valence-electron chi connectivity index (χ4n) is 2.57. The van der Waals surface area contributed by atoms with Gasteiger partial charge in [-0.3, -0.25) is 4.79 Å². The second-order valence-corrected chi connectivity index (χ2v) is 5.74. The lowest BCUT2D eigenvalue weighted by molar-refractivity contribution is 0.0953. The predicted octanol–water partition coefficient (Wildman–Crippen LogP) is 3.63. The van der Waals surface area contributed by atoms with Gasteiger partial charge in [-0.15, -0.1) is 0 Å². The zero-order valence-corrected chi connectivity index (χ0v) is 14.3. The monoisotopic (exact) mass is 336 g/mol. The van der Waals surface area contributed by atoms with Crippen LogP contribution in [-0.2, 0) is 6.42 Å². The van der Waals surface area contributed by atoms with Crippen LogP contribution in [0, 0.1) is 6.92 Å². The van der Waals surface area contributed by atoms with E-state index in [1.54, 1.807) is 7.11 Å². The van der Waals surface area contributed by atoms with Gasteiger partial charge in [-0.1, -0.05) is 35.5 Å². The van der Waals surface area contributed by atoms with Crippen molar-refractivity contribution < 1.29 is 14.1 Å². The quantitative estimate of drug-likeness (QED) is 0.746. The van der Waals surface area contributed by atoms with Gasteiger partial charge in [0.15, 0.2) is 5.76 Å². The Kier molecular flexibility index (Phi) is 5.14. The summed E-state index contributed by atoms with van der Waals surface area (Å²) in [4.78, 5) is 12.2. The first-order valence-electron chi connectivity index (χ1n) is 8.11. The molecule has 1 amide bonds. The van der Waals surface area contributed by atoms with Crippen LogP contribution < -0.4 is 10.1 Å². The Labute approximate surface area is 146 Å². The summed E-state index contributed by atoms with van der Waals surface area (Å²) in [5.74, 6) is 1.37. The average molecular weight is 336 g/mol. The number of hydrogen-bond donors (Lipinski definition) is 1. The molecule has 0 saturated heterocycles. The Balaban J connectivity index is 1.59. The van der Waals surface area contributed by atoms with Crippen molar-refractivity contribution in [2.24, 2.45) is 0 Å². The highest BCUT2D eigenvalue weighted by Gasteiger charge is 2.10. The minimum Gasteiger partial charge on any atom is -0.497 e. The van der Waals surface area contributed by atoms with Crippen LogP contribution in [0.2, 0.25) is 0 Å². The van der Waals surface area contributed by atoms with E-state index >= 15 is 0 Å². The fraction of sp³-hybridized carbons (Fsp3) is 0.200. The summed E-state index contributed by atoms with van der Waals surface area (Å²) in [6.07, 6.45) is 0.602. The molecule has 0 radical (unpaired) electrons. The number of nitrogens with zero attached hydrogens (tertiary/aromatic N) is 1. The molecular formula is C20H20N2O3. The molecule has 1 heterocycles. The maximum atomic E-state index is 12.2. The normalized spacial score (nSPS) is 10.5. The van der Waals surface area contributed by atoms with E-state index in [4.69, 9.17) is 9.26 Å². The number of aromatic nitrogens is 1. The van der Waals surface area contributed by atoms with Gasteiger partial charge in [0.1, 0.15) is 5.75 Å². The van der Waals surface area contributed by atoms with Crippen LogP contribution in [-0.4, -0.2) is 24.7 Å². The number of aryl methyl sites for hydroxylation is 1. The highest BCUT2D eigenvalue weighted by Crippen LogP contribution is 2.24. The third kappa shape index (κ3) is 4.07. The largest absolute Gasteiger partial charge is 0.497 e. The number of ether oxygens (including phenoxy) is 1. The van der Waals surface area contributed by atoms with E-state index < -0.39 is 0 Å². The van der Waals surface area contributed by atoms with E-state index in [1.807, 2.05) is 61.5 Å². The van der Waals surface area contributed by atoms with E-state index in [1.165, 1.54) is 0 Å². The van der Waals surface area contributed by atoms with E-state index in [0.717, 1.165) is 22.6 Å². The van der Waals surface area contributed by atoms with Gasteiger partial charge in [0.2, 0.25) is 0 Å². The van der Waals surface area contributed by atoms with Gasteiger partial charge in [0.05, 0.1) is 12.8 Å². The van der Waals surface area contributed by atoms with Crippen LogP contribution in [0.25, 0.3) is 11.3 Å². The molecule has 5 nitrogen and oxygen atoms in total. The summed E-state index contributed by atoms with van der Waals surface area (Å²) in [5.41, 5.74) is 3.35. The topological polar surface area (TPSA) is 64.4 Å². The van der Waals surface area contributed by atoms with Gasteiger partial charge < -0.3 is 14.6 Å². The Morgan fingerprint density at radius 2 is 2.00 bits per heavy atom. The standard InChI is InChI=1S/C20H20N2O3/c1-14-6-3-4-9-18(14)20(23)21-11-10-16-13-19(25-22-16)15-7-5-8-17(12-15)24-2/h3-9,12-13H,10-11H2,1-2H3,(H,21,23). The summed E-state index contributed by atoms with van der Waals surface area (Å²) < 4.78 is 10.6. The molecule has 0 atom stereocenters. The van der Waals surface area contributed by atoms with E-state index in [-0.39, 0.29) is 5.91 Å². The molecule has 0 spiro atoms. The van der Waals surface area contributed by atoms with Crippen LogP contribution in [0.1, 0.15) is 21.6 Å². The third-order valence-electron chi connectivity index (χ3n) is 3.97. The summed E-state index contributed by atoms with van der Waals surface area (Å²) in [6, 6.07) is 17.0. The smallest absolute Gasteiger partial charge is 0.251 e. The van der Waals surface area contributed by atoms with Gasteiger partial charge in [0, 0.05) is 30.2 Å². The molecule has 5 heteroatoms. The Bertz CT molecular complexity index is 871. The van der Waals surface area contributed by atoms with E-state index in [2.05, 4.69) is 10.5 Å². The van der Waals surface area contributed by atoms with E-state index in [9.17, 15) is 4.79 Å². The van der Waals surface area contributed by atoms with Crippen LogP contribution >= 0.6 is 0 Å². The maximum absolute atomic E-state index is 12.2. The van der Waals surface area contributed by atoms with Gasteiger partial charge in [-0.05, 0) is 30.7 Å². The first-order chi connectivity index (χ1) is 12.2. The molecule has 25 heavy (non-hydrogen) atoms. The Morgan fingerprint density at radius 1 is 1.16 bits per heavy atom. The molecule has 128 valence electrons. The lowest BCUT2D eigenvalue weighted by Gasteiger charge is -2.06. The van der Waals surface area contributed by atoms with Gasteiger partial charge in [-0.25, -0.2) is 0 Å². The van der Waals surface area contributed by atoms with Crippen molar-refractivity contribution in [1.82, 2.24) is 10.5 Å². The van der Waals surface area contributed by atoms with E-state index in [0.29, 0.717) is 24.3 Å². The number of carbonyl (C=O) groups is 1. The lowest BCUT2D eigenvalue weighted by Crippen LogP contribution is -2.26. The minimum absolute atomic E-state index is 0.0744. The molecule has 0 aliphatic heterocycles. The first kappa shape index (κ1) is 16.8. The first-order valence-corrected chi connectivity index (χ1v) is 8.11. The highest BCUT2D eigenvalue weighted by atomic mass is 16.5.